The normalized spacial score (nSPS) is 11.0. The molecule has 0 fully saturated rings. The number of hydrogen-bond donors (Lipinski definition) is 0. The molecule has 0 aromatic rings. The third-order valence-corrected chi connectivity index (χ3v) is 1.59. The fourth-order valence-electron chi connectivity index (χ4n) is 1.31. The fraction of sp³-hybridized carbons (Fsp3) is 1.00. The molecule has 0 N–H and O–H groups in total. The highest BCUT2D eigenvalue weighted by molar-refractivity contribution is 6.54. The maximum atomic E-state index is 5.27. The number of rotatable bonds is 3. The zero-order valence-corrected chi connectivity index (χ0v) is 7.14. The van der Waals surface area contributed by atoms with Gasteiger partial charge in [0, 0.05) is 7.11 Å². The summed E-state index contributed by atoms with van der Waals surface area (Å²) in [6.07, 6.45) is 0. The van der Waals surface area contributed by atoms with Crippen LogP contribution in [0.3, 0.4) is 0 Å². The molecule has 54 valence electrons. The van der Waals surface area contributed by atoms with Crippen LogP contribution in [-0.4, -0.2) is 14.0 Å². The van der Waals surface area contributed by atoms with Crippen LogP contribution in [0.2, 0.25) is 11.6 Å². The molecule has 0 amide bonds. The van der Waals surface area contributed by atoms with E-state index in [2.05, 4.69) is 27.7 Å². The van der Waals surface area contributed by atoms with Crippen molar-refractivity contribution in [1.29, 1.82) is 0 Å². The van der Waals surface area contributed by atoms with Crippen molar-refractivity contribution in [2.24, 2.45) is 0 Å². The van der Waals surface area contributed by atoms with Crippen molar-refractivity contribution in [2.75, 3.05) is 7.11 Å². The Balaban J connectivity index is 3.68. The van der Waals surface area contributed by atoms with Gasteiger partial charge in [-0.2, -0.15) is 0 Å². The third kappa shape index (κ3) is 2.90. The van der Waals surface area contributed by atoms with Crippen molar-refractivity contribution in [1.82, 2.24) is 0 Å². The smallest absolute Gasteiger partial charge is 0.297 e. The second kappa shape index (κ2) is 3.94. The van der Waals surface area contributed by atoms with Gasteiger partial charge in [0.15, 0.2) is 0 Å². The molecule has 0 atom stereocenters. The molecule has 0 aliphatic carbocycles. The Morgan fingerprint density at radius 1 is 1.00 bits per heavy atom. The van der Waals surface area contributed by atoms with Gasteiger partial charge in [-0.05, 0) is 11.6 Å². The van der Waals surface area contributed by atoms with Gasteiger partial charge in [-0.25, -0.2) is 0 Å². The van der Waals surface area contributed by atoms with E-state index in [1.165, 1.54) is 0 Å². The van der Waals surface area contributed by atoms with Crippen molar-refractivity contribution >= 4 is 6.92 Å². The highest BCUT2D eigenvalue weighted by Crippen LogP contribution is 2.19. The quantitative estimate of drug-likeness (QED) is 0.530. The predicted molar refractivity (Wildman–Crippen MR) is 43.0 cm³/mol. The Morgan fingerprint density at radius 2 is 1.33 bits per heavy atom. The molecule has 0 saturated carbocycles. The lowest BCUT2D eigenvalue weighted by atomic mass is 9.49. The Morgan fingerprint density at radius 3 is 1.33 bits per heavy atom. The van der Waals surface area contributed by atoms with Gasteiger partial charge >= 0.3 is 0 Å². The predicted octanol–water partition coefficient (Wildman–Crippen LogP) is 2.44. The van der Waals surface area contributed by atoms with Crippen molar-refractivity contribution in [3.8, 4) is 0 Å². The molecule has 2 heteroatoms. The van der Waals surface area contributed by atoms with Crippen LogP contribution in [0.25, 0.3) is 0 Å². The molecule has 0 aliphatic heterocycles. The van der Waals surface area contributed by atoms with Crippen LogP contribution >= 0.6 is 0 Å². The summed E-state index contributed by atoms with van der Waals surface area (Å²) in [6, 6.07) is 0. The van der Waals surface area contributed by atoms with E-state index >= 15 is 0 Å². The van der Waals surface area contributed by atoms with Gasteiger partial charge in [0.2, 0.25) is 0 Å². The van der Waals surface area contributed by atoms with Crippen molar-refractivity contribution < 1.29 is 4.65 Å². The second-order valence-electron chi connectivity index (χ2n) is 3.19. The summed E-state index contributed by atoms with van der Waals surface area (Å²) in [4.78, 5) is 0. The fourth-order valence-corrected chi connectivity index (χ4v) is 1.31. The molecule has 0 unspecified atom stereocenters. The van der Waals surface area contributed by atoms with Gasteiger partial charge in [0.1, 0.15) is 0 Å². The zero-order valence-electron chi connectivity index (χ0n) is 7.14. The lowest BCUT2D eigenvalue weighted by molar-refractivity contribution is 0.401. The van der Waals surface area contributed by atoms with Crippen LogP contribution in [0, 0.1) is 0 Å². The van der Waals surface area contributed by atoms with E-state index in [1.54, 1.807) is 7.11 Å². The zero-order chi connectivity index (χ0) is 7.44. The van der Waals surface area contributed by atoms with Gasteiger partial charge in [-0.3, -0.25) is 0 Å². The molecule has 9 heavy (non-hydrogen) atoms. The van der Waals surface area contributed by atoms with Gasteiger partial charge in [0.25, 0.3) is 6.92 Å². The van der Waals surface area contributed by atoms with Crippen LogP contribution in [0.5, 0.6) is 0 Å². The first-order chi connectivity index (χ1) is 4.09. The SMILES string of the molecule is COB(C(C)C)C(C)C. The molecule has 0 aromatic carbocycles. The van der Waals surface area contributed by atoms with Crippen molar-refractivity contribution in [3.05, 3.63) is 0 Å². The average molecular weight is 128 g/mol. The van der Waals surface area contributed by atoms with Crippen molar-refractivity contribution in [2.45, 2.75) is 39.3 Å². The summed E-state index contributed by atoms with van der Waals surface area (Å²) in [5.74, 6) is 1.27. The van der Waals surface area contributed by atoms with Gasteiger partial charge in [-0.1, -0.05) is 27.7 Å². The van der Waals surface area contributed by atoms with Crippen LogP contribution in [-0.2, 0) is 4.65 Å². The summed E-state index contributed by atoms with van der Waals surface area (Å²) in [5.41, 5.74) is 0. The summed E-state index contributed by atoms with van der Waals surface area (Å²) < 4.78 is 5.27. The molecule has 0 saturated heterocycles. The highest BCUT2D eigenvalue weighted by Gasteiger charge is 2.21. The third-order valence-electron chi connectivity index (χ3n) is 1.59. The molecule has 0 rings (SSSR count). The maximum Gasteiger partial charge on any atom is 0.297 e. The molecular weight excluding hydrogens is 111 g/mol. The van der Waals surface area contributed by atoms with E-state index in [0.29, 0.717) is 18.6 Å². The lowest BCUT2D eigenvalue weighted by Crippen LogP contribution is -2.23. The molecule has 0 bridgehead atoms. The maximum absolute atomic E-state index is 5.27. The minimum Gasteiger partial charge on any atom is -0.438 e. The molecule has 1 nitrogen and oxygen atoms in total. The summed E-state index contributed by atoms with van der Waals surface area (Å²) in [5, 5.41) is 0. The molecule has 0 aliphatic rings. The van der Waals surface area contributed by atoms with E-state index in [1.807, 2.05) is 0 Å². The Hall–Kier alpha value is 0.0249. The van der Waals surface area contributed by atoms with Crippen LogP contribution in [0.1, 0.15) is 27.7 Å². The first-order valence-corrected chi connectivity index (χ1v) is 3.62. The topological polar surface area (TPSA) is 9.23 Å². The van der Waals surface area contributed by atoms with E-state index in [4.69, 9.17) is 4.65 Å². The largest absolute Gasteiger partial charge is 0.438 e. The highest BCUT2D eigenvalue weighted by atomic mass is 16.4. The molecular formula is C7H17BO. The number of hydrogen-bond acceptors (Lipinski definition) is 1. The Kier molecular flexibility index (Phi) is 3.95. The van der Waals surface area contributed by atoms with Gasteiger partial charge in [-0.15, -0.1) is 0 Å². The summed E-state index contributed by atoms with van der Waals surface area (Å²) in [7, 11) is 1.78. The van der Waals surface area contributed by atoms with Gasteiger partial charge in [0.05, 0.1) is 0 Å². The van der Waals surface area contributed by atoms with Crippen LogP contribution < -0.4 is 0 Å². The summed E-state index contributed by atoms with van der Waals surface area (Å²) >= 11 is 0. The first-order valence-electron chi connectivity index (χ1n) is 3.62. The van der Waals surface area contributed by atoms with Gasteiger partial charge < -0.3 is 4.65 Å². The minimum absolute atomic E-state index is 0.421. The van der Waals surface area contributed by atoms with E-state index < -0.39 is 0 Å². The lowest BCUT2D eigenvalue weighted by Gasteiger charge is -2.17. The van der Waals surface area contributed by atoms with E-state index in [9.17, 15) is 0 Å². The second-order valence-corrected chi connectivity index (χ2v) is 3.19. The van der Waals surface area contributed by atoms with Crippen molar-refractivity contribution in [3.63, 3.8) is 0 Å². The summed E-state index contributed by atoms with van der Waals surface area (Å²) in [6.45, 7) is 9.18. The molecule has 0 aromatic heterocycles. The minimum atomic E-state index is 0.421. The Labute approximate surface area is 58.9 Å². The molecule has 0 spiro atoms. The first kappa shape index (κ1) is 9.02. The average Bonchev–Trinajstić information content (AvgIpc) is 1.64. The van der Waals surface area contributed by atoms with Crippen LogP contribution in [0.15, 0.2) is 0 Å². The van der Waals surface area contributed by atoms with E-state index in [0.717, 1.165) is 0 Å². The van der Waals surface area contributed by atoms with Crippen LogP contribution in [0.4, 0.5) is 0 Å². The van der Waals surface area contributed by atoms with E-state index in [-0.39, 0.29) is 0 Å². The Bertz CT molecular complexity index is 63.3. The molecule has 0 radical (unpaired) electrons. The molecule has 0 heterocycles. The monoisotopic (exact) mass is 128 g/mol. The standard InChI is InChI=1S/C7H17BO/c1-6(2)8(9-5)7(3)4/h6-7H,1-5H3.